The zero-order valence-electron chi connectivity index (χ0n) is 10.8. The first-order valence-electron chi connectivity index (χ1n) is 5.90. The van der Waals surface area contributed by atoms with Gasteiger partial charge in [0.25, 0.3) is 10.0 Å². The molecule has 1 aromatic rings. The van der Waals surface area contributed by atoms with Gasteiger partial charge in [-0.05, 0) is 28.8 Å². The van der Waals surface area contributed by atoms with Crippen molar-refractivity contribution in [2.45, 2.75) is 17.9 Å². The van der Waals surface area contributed by atoms with Crippen LogP contribution in [0.3, 0.4) is 0 Å². The Morgan fingerprint density at radius 2 is 2.30 bits per heavy atom. The number of oxime groups is 1. The summed E-state index contributed by atoms with van der Waals surface area (Å²) in [5.41, 5.74) is 5.57. The molecule has 0 bridgehead atoms. The fraction of sp³-hybridized carbons (Fsp3) is 0.667. The van der Waals surface area contributed by atoms with Crippen LogP contribution in [-0.4, -0.2) is 51.8 Å². The maximum absolute atomic E-state index is 12.6. The van der Waals surface area contributed by atoms with E-state index < -0.39 is 10.0 Å². The SMILES string of the molecule is Cn1nnc(Br)c1S(=O)(=O)N1CCCC(C(N)=NO)C1. The molecule has 1 aliphatic heterocycles. The minimum Gasteiger partial charge on any atom is -0.409 e. The highest BCUT2D eigenvalue weighted by atomic mass is 79.9. The van der Waals surface area contributed by atoms with Gasteiger partial charge < -0.3 is 10.9 Å². The molecule has 2 heterocycles. The van der Waals surface area contributed by atoms with E-state index in [1.54, 1.807) is 0 Å². The Morgan fingerprint density at radius 1 is 1.60 bits per heavy atom. The van der Waals surface area contributed by atoms with Gasteiger partial charge in [-0.1, -0.05) is 10.4 Å². The molecule has 0 aliphatic carbocycles. The van der Waals surface area contributed by atoms with Gasteiger partial charge in [0.2, 0.25) is 5.03 Å². The van der Waals surface area contributed by atoms with Gasteiger partial charge in [0, 0.05) is 26.1 Å². The number of amidine groups is 1. The van der Waals surface area contributed by atoms with E-state index in [1.807, 2.05) is 0 Å². The summed E-state index contributed by atoms with van der Waals surface area (Å²) in [5.74, 6) is -0.240. The zero-order chi connectivity index (χ0) is 14.9. The Balaban J connectivity index is 2.31. The van der Waals surface area contributed by atoms with Crippen LogP contribution in [0.5, 0.6) is 0 Å². The molecule has 0 radical (unpaired) electrons. The lowest BCUT2D eigenvalue weighted by Gasteiger charge is -2.30. The van der Waals surface area contributed by atoms with Crippen molar-refractivity contribution in [1.29, 1.82) is 0 Å². The summed E-state index contributed by atoms with van der Waals surface area (Å²) in [6.45, 7) is 0.561. The molecule has 1 aliphatic rings. The third-order valence-electron chi connectivity index (χ3n) is 3.24. The third-order valence-corrected chi connectivity index (χ3v) is 5.99. The molecule has 20 heavy (non-hydrogen) atoms. The second-order valence-corrected chi connectivity index (χ2v) is 7.14. The van der Waals surface area contributed by atoms with Crippen molar-refractivity contribution in [3.8, 4) is 0 Å². The monoisotopic (exact) mass is 366 g/mol. The van der Waals surface area contributed by atoms with Crippen molar-refractivity contribution < 1.29 is 13.6 Å². The van der Waals surface area contributed by atoms with Crippen LogP contribution < -0.4 is 5.73 Å². The average Bonchev–Trinajstić information content (AvgIpc) is 2.78. The minimum atomic E-state index is -3.72. The highest BCUT2D eigenvalue weighted by Gasteiger charge is 2.35. The predicted octanol–water partition coefficient (Wildman–Crippen LogP) is -0.275. The summed E-state index contributed by atoms with van der Waals surface area (Å²) >= 11 is 3.09. The number of aromatic nitrogens is 3. The molecule has 0 aromatic carbocycles. The summed E-state index contributed by atoms with van der Waals surface area (Å²) in [5, 5.41) is 19.0. The third kappa shape index (κ3) is 2.65. The topological polar surface area (TPSA) is 127 Å². The van der Waals surface area contributed by atoms with Crippen LogP contribution >= 0.6 is 15.9 Å². The normalized spacial score (nSPS) is 22.1. The van der Waals surface area contributed by atoms with E-state index in [9.17, 15) is 8.42 Å². The molecule has 1 fully saturated rings. The Bertz CT molecular complexity index is 608. The number of nitrogens with two attached hydrogens (primary N) is 1. The molecular formula is C9H15BrN6O3S. The van der Waals surface area contributed by atoms with Crippen LogP contribution in [-0.2, 0) is 17.1 Å². The number of sulfonamides is 1. The average molecular weight is 367 g/mol. The standard InChI is InChI=1S/C9H15BrN6O3S/c1-15-9(7(10)12-14-15)20(18,19)16-4-2-3-6(5-16)8(11)13-17/h6,17H,2-5H2,1H3,(H2,11,13). The van der Waals surface area contributed by atoms with Gasteiger partial charge >= 0.3 is 0 Å². The summed E-state index contributed by atoms with van der Waals surface area (Å²) in [6, 6.07) is 0. The molecule has 11 heteroatoms. The van der Waals surface area contributed by atoms with E-state index >= 15 is 0 Å². The Hall–Kier alpha value is -1.20. The van der Waals surface area contributed by atoms with Crippen molar-refractivity contribution in [3.63, 3.8) is 0 Å². The van der Waals surface area contributed by atoms with E-state index in [0.29, 0.717) is 19.4 Å². The van der Waals surface area contributed by atoms with E-state index in [2.05, 4.69) is 31.4 Å². The maximum Gasteiger partial charge on any atom is 0.263 e. The van der Waals surface area contributed by atoms with E-state index in [1.165, 1.54) is 16.0 Å². The highest BCUT2D eigenvalue weighted by molar-refractivity contribution is 9.10. The molecular weight excluding hydrogens is 352 g/mol. The van der Waals surface area contributed by atoms with Gasteiger partial charge in [-0.3, -0.25) is 0 Å². The Kier molecular flexibility index (Phi) is 4.30. The van der Waals surface area contributed by atoms with Gasteiger partial charge in [0.05, 0.1) is 0 Å². The smallest absolute Gasteiger partial charge is 0.263 e. The Labute approximate surface area is 124 Å². The maximum atomic E-state index is 12.6. The van der Waals surface area contributed by atoms with Crippen molar-refractivity contribution >= 4 is 31.8 Å². The zero-order valence-corrected chi connectivity index (χ0v) is 13.2. The number of rotatable bonds is 3. The summed E-state index contributed by atoms with van der Waals surface area (Å²) in [6.07, 6.45) is 1.33. The fourth-order valence-corrected chi connectivity index (χ4v) is 4.76. The van der Waals surface area contributed by atoms with Crippen LogP contribution in [0, 0.1) is 5.92 Å². The molecule has 1 aromatic heterocycles. The van der Waals surface area contributed by atoms with Gasteiger partial charge in [0.15, 0.2) is 4.60 Å². The molecule has 1 saturated heterocycles. The molecule has 0 amide bonds. The minimum absolute atomic E-state index is 0.00217. The lowest BCUT2D eigenvalue weighted by molar-refractivity contribution is 0.286. The molecule has 9 nitrogen and oxygen atoms in total. The first-order valence-corrected chi connectivity index (χ1v) is 8.14. The molecule has 1 atom stereocenters. The first-order chi connectivity index (χ1) is 9.37. The number of piperidine rings is 1. The van der Waals surface area contributed by atoms with E-state index in [4.69, 9.17) is 10.9 Å². The summed E-state index contributed by atoms with van der Waals surface area (Å²) < 4.78 is 27.9. The van der Waals surface area contributed by atoms with Crippen LogP contribution in [0.1, 0.15) is 12.8 Å². The largest absolute Gasteiger partial charge is 0.409 e. The van der Waals surface area contributed by atoms with Crippen LogP contribution in [0.15, 0.2) is 14.8 Å². The second-order valence-electron chi connectivity index (χ2n) is 4.54. The van der Waals surface area contributed by atoms with Crippen molar-refractivity contribution in [2.24, 2.45) is 23.9 Å². The number of hydrogen-bond donors (Lipinski definition) is 2. The highest BCUT2D eigenvalue weighted by Crippen LogP contribution is 2.26. The van der Waals surface area contributed by atoms with E-state index in [0.717, 1.165) is 0 Å². The summed E-state index contributed by atoms with van der Waals surface area (Å²) in [4.78, 5) is 0. The van der Waals surface area contributed by atoms with Gasteiger partial charge in [-0.25, -0.2) is 13.1 Å². The number of hydrogen-bond acceptors (Lipinski definition) is 6. The molecule has 112 valence electrons. The molecule has 2 rings (SSSR count). The number of aryl methyl sites for hydroxylation is 1. The lowest BCUT2D eigenvalue weighted by Crippen LogP contribution is -2.44. The molecule has 0 saturated carbocycles. The Morgan fingerprint density at radius 3 is 2.85 bits per heavy atom. The molecule has 1 unspecified atom stereocenters. The van der Waals surface area contributed by atoms with E-state index in [-0.39, 0.29) is 27.9 Å². The molecule has 0 spiro atoms. The van der Waals surface area contributed by atoms with Gasteiger partial charge in [-0.15, -0.1) is 5.10 Å². The summed E-state index contributed by atoms with van der Waals surface area (Å²) in [7, 11) is -2.21. The number of nitrogens with zero attached hydrogens (tertiary/aromatic N) is 5. The van der Waals surface area contributed by atoms with Crippen LogP contribution in [0.4, 0.5) is 0 Å². The second kappa shape index (κ2) is 5.66. The van der Waals surface area contributed by atoms with Crippen molar-refractivity contribution in [2.75, 3.05) is 13.1 Å². The fourth-order valence-electron chi connectivity index (χ4n) is 2.20. The first kappa shape index (κ1) is 15.2. The quantitative estimate of drug-likeness (QED) is 0.328. The number of halogens is 1. The van der Waals surface area contributed by atoms with Gasteiger partial charge in [0.1, 0.15) is 5.84 Å². The van der Waals surface area contributed by atoms with Crippen LogP contribution in [0.25, 0.3) is 0 Å². The van der Waals surface area contributed by atoms with Crippen molar-refractivity contribution in [3.05, 3.63) is 4.60 Å². The molecule has 3 N–H and O–H groups in total. The van der Waals surface area contributed by atoms with Crippen LogP contribution in [0.2, 0.25) is 0 Å². The predicted molar refractivity (Wildman–Crippen MR) is 73.6 cm³/mol. The van der Waals surface area contributed by atoms with Crippen molar-refractivity contribution in [1.82, 2.24) is 19.3 Å². The van der Waals surface area contributed by atoms with Gasteiger partial charge in [-0.2, -0.15) is 4.31 Å². The lowest BCUT2D eigenvalue weighted by atomic mass is 9.99.